The van der Waals surface area contributed by atoms with E-state index in [4.69, 9.17) is 22.3 Å². The predicted octanol–water partition coefficient (Wildman–Crippen LogP) is 6.06. The van der Waals surface area contributed by atoms with Crippen molar-refractivity contribution in [2.75, 3.05) is 44.3 Å². The van der Waals surface area contributed by atoms with Gasteiger partial charge in [-0.1, -0.05) is 29.8 Å². The zero-order valence-electron chi connectivity index (χ0n) is 24.1. The van der Waals surface area contributed by atoms with Gasteiger partial charge in [-0.15, -0.1) is 0 Å². The summed E-state index contributed by atoms with van der Waals surface area (Å²) in [7, 11) is 2.22. The Labute approximate surface area is 250 Å². The van der Waals surface area contributed by atoms with Crippen LogP contribution in [-0.4, -0.2) is 73.6 Å². The smallest absolute Gasteiger partial charge is 0.229 e. The Morgan fingerprint density at radius 2 is 1.64 bits per heavy atom. The zero-order chi connectivity index (χ0) is 28.8. The van der Waals surface area contributed by atoms with Crippen molar-refractivity contribution >= 4 is 51.0 Å². The number of piperazine rings is 1. The molecule has 7 rings (SSSR count). The first-order chi connectivity index (χ1) is 20.4. The molecule has 0 bridgehead atoms. The number of nitrogens with zero attached hydrogens (tertiary/aromatic N) is 7. The summed E-state index contributed by atoms with van der Waals surface area (Å²) < 4.78 is 2.35. The Hall–Kier alpha value is -3.79. The number of hydrogen-bond acceptors (Lipinski definition) is 8. The van der Waals surface area contributed by atoms with E-state index < -0.39 is 0 Å². The molecule has 2 fully saturated rings. The van der Waals surface area contributed by atoms with Gasteiger partial charge in [0.25, 0.3) is 0 Å². The number of hydrogen-bond donors (Lipinski definition) is 2. The molecule has 3 aromatic heterocycles. The summed E-state index contributed by atoms with van der Waals surface area (Å²) >= 11 is 6.45. The number of nitrogens with one attached hydrogen (secondary N) is 1. The minimum Gasteiger partial charge on any atom is -0.383 e. The molecule has 2 aromatic carbocycles. The Kier molecular flexibility index (Phi) is 7.17. The van der Waals surface area contributed by atoms with Crippen LogP contribution in [-0.2, 0) is 0 Å². The minimum atomic E-state index is 0.402. The van der Waals surface area contributed by atoms with Crippen LogP contribution >= 0.6 is 11.6 Å². The molecule has 4 heterocycles. The van der Waals surface area contributed by atoms with Gasteiger partial charge < -0.3 is 20.5 Å². The molecular weight excluding hydrogens is 546 g/mol. The molecule has 0 spiro atoms. The molecule has 5 aromatic rings. The van der Waals surface area contributed by atoms with Crippen LogP contribution < -0.4 is 11.1 Å². The van der Waals surface area contributed by atoms with Crippen LogP contribution in [0.3, 0.4) is 0 Å². The number of benzene rings is 2. The standard InChI is InChI=1S/C32H36ClN9/c1-20-3-12-25-27(17-20)38-32(39-29(25)33)37-22-6-4-21(5-7-22)26-18-42(31-28(26)30(34)35-19-36-31)24-10-8-23(9-11-24)41-15-13-40(2)14-16-41/h3-7,12,17-19,23-24H,8-11,13-16H2,1-2H3,(H2,34,35,36)(H,37,38,39)/t23-,24+. The number of aromatic nitrogens is 5. The van der Waals surface area contributed by atoms with Crippen molar-refractivity contribution in [3.05, 3.63) is 65.7 Å². The number of likely N-dealkylation sites (N-methyl/N-ethyl adjacent to an activating group) is 1. The lowest BCUT2D eigenvalue weighted by Crippen LogP contribution is -2.49. The number of halogens is 1. The second-order valence-corrected chi connectivity index (χ2v) is 12.1. The van der Waals surface area contributed by atoms with Gasteiger partial charge in [0.15, 0.2) is 0 Å². The molecule has 216 valence electrons. The molecular formula is C32H36ClN9. The lowest BCUT2D eigenvalue weighted by molar-refractivity contribution is 0.0828. The summed E-state index contributed by atoms with van der Waals surface area (Å²) in [5, 5.41) is 5.49. The van der Waals surface area contributed by atoms with Gasteiger partial charge in [-0.05, 0) is 75.0 Å². The molecule has 0 atom stereocenters. The number of rotatable bonds is 5. The quantitative estimate of drug-likeness (QED) is 0.242. The highest BCUT2D eigenvalue weighted by Crippen LogP contribution is 2.39. The normalized spacial score (nSPS) is 20.4. The van der Waals surface area contributed by atoms with E-state index in [1.807, 2.05) is 37.3 Å². The molecule has 42 heavy (non-hydrogen) atoms. The average molecular weight is 582 g/mol. The number of nitrogen functional groups attached to an aromatic ring is 1. The number of anilines is 3. The molecule has 2 aliphatic rings. The highest BCUT2D eigenvalue weighted by Gasteiger charge is 2.30. The third kappa shape index (κ3) is 5.17. The number of nitrogens with two attached hydrogens (primary N) is 1. The van der Waals surface area contributed by atoms with Crippen molar-refractivity contribution < 1.29 is 0 Å². The van der Waals surface area contributed by atoms with Crippen molar-refractivity contribution in [3.63, 3.8) is 0 Å². The summed E-state index contributed by atoms with van der Waals surface area (Å²) in [6.45, 7) is 6.72. The van der Waals surface area contributed by atoms with Gasteiger partial charge in [0.05, 0.1) is 10.9 Å². The maximum Gasteiger partial charge on any atom is 0.229 e. The fourth-order valence-corrected chi connectivity index (χ4v) is 6.85. The molecule has 1 aliphatic heterocycles. The SMILES string of the molecule is Cc1ccc2c(Cl)nc(Nc3ccc(-c4cn([C@H]5CC[C@@H](N6CCN(C)CC6)CC5)c5ncnc(N)c45)cc3)nc2c1. The Morgan fingerprint density at radius 1 is 0.905 bits per heavy atom. The van der Waals surface area contributed by atoms with E-state index in [1.54, 1.807) is 6.33 Å². The van der Waals surface area contributed by atoms with Crippen LogP contribution in [0.5, 0.6) is 0 Å². The first kappa shape index (κ1) is 27.1. The second-order valence-electron chi connectivity index (χ2n) is 11.8. The second kappa shape index (κ2) is 11.1. The Bertz CT molecular complexity index is 1730. The molecule has 0 amide bonds. The van der Waals surface area contributed by atoms with E-state index in [9.17, 15) is 0 Å². The summed E-state index contributed by atoms with van der Waals surface area (Å²) in [6, 6.07) is 15.3. The molecule has 0 unspecified atom stereocenters. The molecule has 3 N–H and O–H groups in total. The highest BCUT2D eigenvalue weighted by atomic mass is 35.5. The van der Waals surface area contributed by atoms with Crippen LogP contribution in [0.25, 0.3) is 33.1 Å². The van der Waals surface area contributed by atoms with Crippen molar-refractivity contribution in [1.29, 1.82) is 0 Å². The van der Waals surface area contributed by atoms with Crippen LogP contribution in [0.4, 0.5) is 17.5 Å². The van der Waals surface area contributed by atoms with Gasteiger partial charge in [0.1, 0.15) is 22.9 Å². The Balaban J connectivity index is 1.13. The van der Waals surface area contributed by atoms with Crippen LogP contribution in [0.15, 0.2) is 55.0 Å². The van der Waals surface area contributed by atoms with Crippen molar-refractivity contribution in [2.24, 2.45) is 0 Å². The predicted molar refractivity (Wildman–Crippen MR) is 170 cm³/mol. The minimum absolute atomic E-state index is 0.402. The fourth-order valence-electron chi connectivity index (χ4n) is 6.61. The maximum atomic E-state index is 6.45. The van der Waals surface area contributed by atoms with Crippen molar-refractivity contribution in [2.45, 2.75) is 44.7 Å². The number of aryl methyl sites for hydroxylation is 1. The van der Waals surface area contributed by atoms with E-state index in [1.165, 1.54) is 39.0 Å². The maximum absolute atomic E-state index is 6.45. The molecule has 1 aliphatic carbocycles. The van der Waals surface area contributed by atoms with Gasteiger partial charge in [-0.3, -0.25) is 4.90 Å². The first-order valence-corrected chi connectivity index (χ1v) is 15.2. The van der Waals surface area contributed by atoms with Gasteiger partial charge in [0.2, 0.25) is 5.95 Å². The van der Waals surface area contributed by atoms with E-state index in [-0.39, 0.29) is 0 Å². The largest absolute Gasteiger partial charge is 0.383 e. The van der Waals surface area contributed by atoms with E-state index in [0.717, 1.165) is 57.2 Å². The summed E-state index contributed by atoms with van der Waals surface area (Å²) in [4.78, 5) is 23.3. The molecule has 10 heteroatoms. The van der Waals surface area contributed by atoms with Crippen LogP contribution in [0.1, 0.15) is 37.3 Å². The van der Waals surface area contributed by atoms with Gasteiger partial charge in [-0.25, -0.2) is 19.9 Å². The van der Waals surface area contributed by atoms with Gasteiger partial charge in [0, 0.05) is 61.1 Å². The van der Waals surface area contributed by atoms with Gasteiger partial charge in [-0.2, -0.15) is 0 Å². The summed E-state index contributed by atoms with van der Waals surface area (Å²) in [5.74, 6) is 0.976. The lowest BCUT2D eigenvalue weighted by atomic mass is 9.89. The fraction of sp³-hybridized carbons (Fsp3) is 0.375. The van der Waals surface area contributed by atoms with Crippen molar-refractivity contribution in [1.82, 2.24) is 34.3 Å². The third-order valence-electron chi connectivity index (χ3n) is 9.01. The number of fused-ring (bicyclic) bond motifs is 2. The van der Waals surface area contributed by atoms with E-state index >= 15 is 0 Å². The van der Waals surface area contributed by atoms with Crippen molar-refractivity contribution in [3.8, 4) is 11.1 Å². The molecule has 0 radical (unpaired) electrons. The Morgan fingerprint density at radius 3 is 2.40 bits per heavy atom. The zero-order valence-corrected chi connectivity index (χ0v) is 24.8. The summed E-state index contributed by atoms with van der Waals surface area (Å²) in [5.41, 5.74) is 12.3. The highest BCUT2D eigenvalue weighted by molar-refractivity contribution is 6.34. The van der Waals surface area contributed by atoms with Crippen LogP contribution in [0, 0.1) is 6.92 Å². The topological polar surface area (TPSA) is 101 Å². The lowest BCUT2D eigenvalue weighted by Gasteiger charge is -2.41. The van der Waals surface area contributed by atoms with Gasteiger partial charge >= 0.3 is 0 Å². The molecule has 9 nitrogen and oxygen atoms in total. The molecule has 1 saturated heterocycles. The monoisotopic (exact) mass is 581 g/mol. The van der Waals surface area contributed by atoms with Crippen LogP contribution in [0.2, 0.25) is 5.15 Å². The summed E-state index contributed by atoms with van der Waals surface area (Å²) in [6.07, 6.45) is 8.52. The van der Waals surface area contributed by atoms with E-state index in [0.29, 0.717) is 29.0 Å². The average Bonchev–Trinajstić information content (AvgIpc) is 3.39. The molecule has 1 saturated carbocycles. The third-order valence-corrected chi connectivity index (χ3v) is 9.30. The van der Waals surface area contributed by atoms with E-state index in [2.05, 4.69) is 60.0 Å². The first-order valence-electron chi connectivity index (χ1n) is 14.8.